The molecule has 1 aliphatic carbocycles. The molecule has 3 N–H and O–H groups in total. The fourth-order valence-corrected chi connectivity index (χ4v) is 3.23. The van der Waals surface area contributed by atoms with Gasteiger partial charge < -0.3 is 11.1 Å². The molecule has 1 fully saturated rings. The van der Waals surface area contributed by atoms with Crippen molar-refractivity contribution >= 4 is 22.4 Å². The molecular weight excluding hydrogens is 260 g/mol. The van der Waals surface area contributed by atoms with E-state index in [1.54, 1.807) is 6.33 Å². The Bertz CT molecular complexity index is 603. The Balaban J connectivity index is 1.60. The number of anilines is 2. The second-order valence-electron chi connectivity index (χ2n) is 6.34. The third-order valence-corrected chi connectivity index (χ3v) is 4.64. The van der Waals surface area contributed by atoms with E-state index >= 15 is 0 Å². The van der Waals surface area contributed by atoms with Gasteiger partial charge in [0.15, 0.2) is 0 Å². The van der Waals surface area contributed by atoms with E-state index in [2.05, 4.69) is 22.2 Å². The van der Waals surface area contributed by atoms with E-state index in [4.69, 9.17) is 5.73 Å². The molecule has 3 rings (SSSR count). The number of rotatable bonds is 4. The van der Waals surface area contributed by atoms with Crippen molar-refractivity contribution in [3.8, 4) is 0 Å². The number of nitrogens with two attached hydrogens (primary N) is 1. The molecule has 2 aromatic rings. The highest BCUT2D eigenvalue weighted by Crippen LogP contribution is 2.30. The summed E-state index contributed by atoms with van der Waals surface area (Å²) in [5.74, 6) is 2.71. The molecule has 1 heterocycles. The van der Waals surface area contributed by atoms with Gasteiger partial charge in [-0.2, -0.15) is 0 Å². The summed E-state index contributed by atoms with van der Waals surface area (Å²) < 4.78 is 0. The molecule has 112 valence electrons. The highest BCUT2D eigenvalue weighted by molar-refractivity contribution is 5.90. The van der Waals surface area contributed by atoms with Crippen LogP contribution in [0.1, 0.15) is 39.0 Å². The number of fused-ring (bicyclic) bond motifs is 1. The molecule has 0 radical (unpaired) electrons. The Kier molecular flexibility index (Phi) is 4.23. The second-order valence-corrected chi connectivity index (χ2v) is 6.34. The summed E-state index contributed by atoms with van der Waals surface area (Å²) in [6.07, 6.45) is 8.37. The van der Waals surface area contributed by atoms with Crippen LogP contribution in [-0.4, -0.2) is 16.5 Å². The number of nitrogens with one attached hydrogen (secondary N) is 1. The van der Waals surface area contributed by atoms with Gasteiger partial charge >= 0.3 is 0 Å². The zero-order valence-corrected chi connectivity index (χ0v) is 12.7. The van der Waals surface area contributed by atoms with Crippen LogP contribution in [0.25, 0.3) is 10.9 Å². The highest BCUT2D eigenvalue weighted by Gasteiger charge is 2.17. The number of nitrogen functional groups attached to an aromatic ring is 1. The maximum atomic E-state index is 5.80. The minimum atomic E-state index is 0.739. The van der Waals surface area contributed by atoms with E-state index in [0.717, 1.165) is 40.8 Å². The zero-order chi connectivity index (χ0) is 14.7. The Morgan fingerprint density at radius 1 is 1.19 bits per heavy atom. The van der Waals surface area contributed by atoms with Crippen molar-refractivity contribution in [2.45, 2.75) is 39.0 Å². The van der Waals surface area contributed by atoms with Crippen molar-refractivity contribution in [1.82, 2.24) is 9.97 Å². The SMILES string of the molecule is CC1CCC(CCNc2ncnc3cc(N)ccc23)CC1. The second kappa shape index (κ2) is 6.29. The maximum absolute atomic E-state index is 5.80. The summed E-state index contributed by atoms with van der Waals surface area (Å²) in [4.78, 5) is 8.65. The number of hydrogen-bond donors (Lipinski definition) is 2. The van der Waals surface area contributed by atoms with Crippen molar-refractivity contribution in [3.05, 3.63) is 24.5 Å². The van der Waals surface area contributed by atoms with Gasteiger partial charge in [0.25, 0.3) is 0 Å². The lowest BCUT2D eigenvalue weighted by Gasteiger charge is -2.26. The molecule has 1 aliphatic rings. The van der Waals surface area contributed by atoms with Gasteiger partial charge in [-0.15, -0.1) is 0 Å². The largest absolute Gasteiger partial charge is 0.399 e. The molecular formula is C17H24N4. The highest BCUT2D eigenvalue weighted by atomic mass is 15.0. The van der Waals surface area contributed by atoms with E-state index in [-0.39, 0.29) is 0 Å². The molecule has 1 saturated carbocycles. The molecule has 0 amide bonds. The van der Waals surface area contributed by atoms with Crippen LogP contribution in [0, 0.1) is 11.8 Å². The van der Waals surface area contributed by atoms with Gasteiger partial charge in [-0.05, 0) is 36.5 Å². The first kappa shape index (κ1) is 14.1. The Morgan fingerprint density at radius 2 is 2.00 bits per heavy atom. The van der Waals surface area contributed by atoms with E-state index in [1.165, 1.54) is 32.1 Å². The molecule has 0 aliphatic heterocycles. The smallest absolute Gasteiger partial charge is 0.137 e. The Hall–Kier alpha value is -1.84. The van der Waals surface area contributed by atoms with Crippen LogP contribution < -0.4 is 11.1 Å². The monoisotopic (exact) mass is 284 g/mol. The standard InChI is InChI=1S/C17H24N4/c1-12-2-4-13(5-3-12)8-9-19-17-15-7-6-14(18)10-16(15)20-11-21-17/h6-7,10-13H,2-5,8-9,18H2,1H3,(H,19,20,21). The summed E-state index contributed by atoms with van der Waals surface area (Å²) in [7, 11) is 0. The van der Waals surface area contributed by atoms with Crippen molar-refractivity contribution in [2.75, 3.05) is 17.6 Å². The lowest BCUT2D eigenvalue weighted by atomic mass is 9.81. The summed E-state index contributed by atoms with van der Waals surface area (Å²) >= 11 is 0. The van der Waals surface area contributed by atoms with Crippen molar-refractivity contribution in [2.24, 2.45) is 11.8 Å². The fourth-order valence-electron chi connectivity index (χ4n) is 3.23. The molecule has 4 nitrogen and oxygen atoms in total. The molecule has 0 unspecified atom stereocenters. The zero-order valence-electron chi connectivity index (χ0n) is 12.7. The number of hydrogen-bond acceptors (Lipinski definition) is 4. The average molecular weight is 284 g/mol. The topological polar surface area (TPSA) is 63.8 Å². The quantitative estimate of drug-likeness (QED) is 0.837. The first-order chi connectivity index (χ1) is 10.2. The average Bonchev–Trinajstić information content (AvgIpc) is 2.49. The van der Waals surface area contributed by atoms with Crippen molar-refractivity contribution in [3.63, 3.8) is 0 Å². The molecule has 1 aromatic carbocycles. The van der Waals surface area contributed by atoms with Crippen LogP contribution in [0.5, 0.6) is 0 Å². The van der Waals surface area contributed by atoms with E-state index in [1.807, 2.05) is 18.2 Å². The van der Waals surface area contributed by atoms with Crippen LogP contribution >= 0.6 is 0 Å². The van der Waals surface area contributed by atoms with Gasteiger partial charge in [0.1, 0.15) is 12.1 Å². The Labute approximate surface area is 126 Å². The van der Waals surface area contributed by atoms with Gasteiger partial charge in [-0.25, -0.2) is 9.97 Å². The van der Waals surface area contributed by atoms with Crippen LogP contribution in [0.15, 0.2) is 24.5 Å². The molecule has 1 aromatic heterocycles. The molecule has 21 heavy (non-hydrogen) atoms. The minimum Gasteiger partial charge on any atom is -0.399 e. The van der Waals surface area contributed by atoms with E-state index in [0.29, 0.717) is 0 Å². The van der Waals surface area contributed by atoms with Gasteiger partial charge in [0.2, 0.25) is 0 Å². The van der Waals surface area contributed by atoms with Gasteiger partial charge in [0, 0.05) is 17.6 Å². The van der Waals surface area contributed by atoms with Gasteiger partial charge in [-0.3, -0.25) is 0 Å². The normalized spacial score (nSPS) is 22.3. The van der Waals surface area contributed by atoms with E-state index in [9.17, 15) is 0 Å². The van der Waals surface area contributed by atoms with Crippen LogP contribution in [0.2, 0.25) is 0 Å². The molecule has 0 spiro atoms. The van der Waals surface area contributed by atoms with Crippen molar-refractivity contribution in [1.29, 1.82) is 0 Å². The molecule has 0 atom stereocenters. The summed E-state index contributed by atoms with van der Waals surface area (Å²) in [6, 6.07) is 5.79. The van der Waals surface area contributed by atoms with Crippen molar-refractivity contribution < 1.29 is 0 Å². The third kappa shape index (κ3) is 3.43. The fraction of sp³-hybridized carbons (Fsp3) is 0.529. The Morgan fingerprint density at radius 3 is 2.81 bits per heavy atom. The number of nitrogens with zero attached hydrogens (tertiary/aromatic N) is 2. The van der Waals surface area contributed by atoms with Gasteiger partial charge in [0.05, 0.1) is 5.52 Å². The molecule has 4 heteroatoms. The number of aromatic nitrogens is 2. The minimum absolute atomic E-state index is 0.739. The summed E-state index contributed by atoms with van der Waals surface area (Å²) in [5, 5.41) is 4.52. The predicted molar refractivity (Wildman–Crippen MR) is 88.2 cm³/mol. The van der Waals surface area contributed by atoms with Gasteiger partial charge in [-0.1, -0.05) is 32.6 Å². The van der Waals surface area contributed by atoms with Crippen LogP contribution in [0.3, 0.4) is 0 Å². The lowest BCUT2D eigenvalue weighted by Crippen LogP contribution is -2.16. The molecule has 0 bridgehead atoms. The van der Waals surface area contributed by atoms with Crippen LogP contribution in [0.4, 0.5) is 11.5 Å². The maximum Gasteiger partial charge on any atom is 0.137 e. The van der Waals surface area contributed by atoms with E-state index < -0.39 is 0 Å². The predicted octanol–water partition coefficient (Wildman–Crippen LogP) is 3.84. The number of benzene rings is 1. The molecule has 0 saturated heterocycles. The first-order valence-electron chi connectivity index (χ1n) is 7.96. The third-order valence-electron chi connectivity index (χ3n) is 4.64. The summed E-state index contributed by atoms with van der Waals surface area (Å²) in [5.41, 5.74) is 7.44. The summed E-state index contributed by atoms with van der Waals surface area (Å²) in [6.45, 7) is 3.35. The van der Waals surface area contributed by atoms with Crippen LogP contribution in [-0.2, 0) is 0 Å². The first-order valence-corrected chi connectivity index (χ1v) is 7.96. The lowest BCUT2D eigenvalue weighted by molar-refractivity contribution is 0.282.